The Morgan fingerprint density at radius 2 is 1.88 bits per heavy atom. The van der Waals surface area contributed by atoms with E-state index in [-0.39, 0.29) is 5.12 Å². The molecule has 0 saturated carbocycles. The highest BCUT2D eigenvalue weighted by molar-refractivity contribution is 8.13. The molecule has 0 atom stereocenters. The fourth-order valence-corrected chi connectivity index (χ4v) is 3.07. The van der Waals surface area contributed by atoms with Crippen LogP contribution in [0.4, 0.5) is 5.69 Å². The zero-order valence-corrected chi connectivity index (χ0v) is 16.3. The van der Waals surface area contributed by atoms with Gasteiger partial charge in [-0.25, -0.2) is 0 Å². The van der Waals surface area contributed by atoms with Gasteiger partial charge in [0.05, 0.1) is 11.2 Å². The van der Waals surface area contributed by atoms with Crippen LogP contribution < -0.4 is 5.73 Å². The Hall–Kier alpha value is -0.945. The normalized spacial score (nSPS) is 19.6. The van der Waals surface area contributed by atoms with Gasteiger partial charge in [-0.3, -0.25) is 4.79 Å². The van der Waals surface area contributed by atoms with E-state index in [2.05, 4.69) is 0 Å². The lowest BCUT2D eigenvalue weighted by molar-refractivity contribution is -0.109. The minimum Gasteiger partial charge on any atom is -0.400 e. The van der Waals surface area contributed by atoms with Crippen LogP contribution in [0.3, 0.4) is 0 Å². The average molecular weight is 368 g/mol. The average Bonchev–Trinajstić information content (AvgIpc) is 2.65. The van der Waals surface area contributed by atoms with Crippen molar-refractivity contribution in [1.29, 1.82) is 0 Å². The zero-order chi connectivity index (χ0) is 18.1. The van der Waals surface area contributed by atoms with Crippen molar-refractivity contribution in [2.24, 2.45) is 0 Å². The minimum absolute atomic E-state index is 0.0320. The number of anilines is 1. The Kier molecular flexibility index (Phi) is 5.75. The molecule has 1 aromatic rings. The fourth-order valence-electron chi connectivity index (χ4n) is 2.25. The molecule has 1 saturated heterocycles. The molecule has 0 unspecified atom stereocenters. The molecule has 1 aromatic carbocycles. The Labute approximate surface area is 153 Å². The van der Waals surface area contributed by atoms with Crippen LogP contribution in [0.2, 0.25) is 5.02 Å². The van der Waals surface area contributed by atoms with Gasteiger partial charge in [-0.05, 0) is 45.3 Å². The molecule has 1 heterocycles. The molecule has 0 radical (unpaired) electrons. The molecule has 0 amide bonds. The number of nitrogen functional groups attached to an aromatic ring is 1. The standard InChI is InChI=1S/C17H23BClNO3S/c1-11(21)24-10-12(9-13-14(19)7-6-8-15(13)20)18-22-16(2,3)17(4,5)23-18/h6-9H,10,20H2,1-5H3. The summed E-state index contributed by atoms with van der Waals surface area (Å²) in [7, 11) is -0.544. The highest BCUT2D eigenvalue weighted by Crippen LogP contribution is 2.40. The summed E-state index contributed by atoms with van der Waals surface area (Å²) in [5, 5.41) is 0.585. The lowest BCUT2D eigenvalue weighted by Gasteiger charge is -2.32. The van der Waals surface area contributed by atoms with Crippen LogP contribution in [0.15, 0.2) is 23.7 Å². The first kappa shape index (κ1) is 19.4. The summed E-state index contributed by atoms with van der Waals surface area (Å²) in [5.41, 5.74) is 7.25. The summed E-state index contributed by atoms with van der Waals surface area (Å²) < 4.78 is 12.2. The maximum atomic E-state index is 11.4. The summed E-state index contributed by atoms with van der Waals surface area (Å²) in [6.45, 7) is 9.51. The van der Waals surface area contributed by atoms with Gasteiger partial charge in [-0.15, -0.1) is 0 Å². The van der Waals surface area contributed by atoms with Crippen LogP contribution in [0.1, 0.15) is 40.2 Å². The van der Waals surface area contributed by atoms with Crippen LogP contribution >= 0.6 is 23.4 Å². The van der Waals surface area contributed by atoms with E-state index >= 15 is 0 Å². The van der Waals surface area contributed by atoms with Crippen LogP contribution in [0, 0.1) is 0 Å². The van der Waals surface area contributed by atoms with E-state index in [4.69, 9.17) is 26.6 Å². The van der Waals surface area contributed by atoms with Crippen molar-refractivity contribution in [3.05, 3.63) is 34.3 Å². The van der Waals surface area contributed by atoms with Gasteiger partial charge in [-0.2, -0.15) is 0 Å². The lowest BCUT2D eigenvalue weighted by atomic mass is 9.78. The summed E-state index contributed by atoms with van der Waals surface area (Å²) in [5.74, 6) is 0.455. The third-order valence-corrected chi connectivity index (χ3v) is 5.63. The van der Waals surface area contributed by atoms with E-state index in [1.807, 2.05) is 33.8 Å². The minimum atomic E-state index is -0.544. The summed E-state index contributed by atoms with van der Waals surface area (Å²) >= 11 is 7.48. The maximum Gasteiger partial charge on any atom is 0.491 e. The van der Waals surface area contributed by atoms with E-state index in [1.54, 1.807) is 18.2 Å². The molecule has 0 aliphatic carbocycles. The number of halogens is 1. The quantitative estimate of drug-likeness (QED) is 0.638. The Bertz CT molecular complexity index is 640. The molecular weight excluding hydrogens is 345 g/mol. The van der Waals surface area contributed by atoms with Crippen molar-refractivity contribution in [2.75, 3.05) is 11.5 Å². The first-order valence-corrected chi connectivity index (χ1v) is 9.13. The van der Waals surface area contributed by atoms with Gasteiger partial charge in [0.25, 0.3) is 0 Å². The Morgan fingerprint density at radius 1 is 1.29 bits per heavy atom. The van der Waals surface area contributed by atoms with Gasteiger partial charge in [-0.1, -0.05) is 35.5 Å². The third-order valence-electron chi connectivity index (χ3n) is 4.41. The van der Waals surface area contributed by atoms with Crippen molar-refractivity contribution < 1.29 is 14.1 Å². The highest BCUT2D eigenvalue weighted by atomic mass is 35.5. The molecule has 7 heteroatoms. The van der Waals surface area contributed by atoms with Gasteiger partial charge >= 0.3 is 7.12 Å². The van der Waals surface area contributed by atoms with Crippen molar-refractivity contribution in [1.82, 2.24) is 0 Å². The largest absolute Gasteiger partial charge is 0.491 e. The number of carbonyl (C=O) groups is 1. The number of hydrogen-bond acceptors (Lipinski definition) is 5. The first-order valence-electron chi connectivity index (χ1n) is 7.77. The van der Waals surface area contributed by atoms with Crippen LogP contribution in [0.5, 0.6) is 0 Å². The number of benzene rings is 1. The van der Waals surface area contributed by atoms with Crippen molar-refractivity contribution in [2.45, 2.75) is 45.8 Å². The zero-order valence-electron chi connectivity index (χ0n) is 14.7. The molecule has 1 fully saturated rings. The van der Waals surface area contributed by atoms with Crippen LogP contribution in [-0.4, -0.2) is 29.2 Å². The number of rotatable bonds is 4. The molecule has 0 aromatic heterocycles. The summed E-state index contributed by atoms with van der Waals surface area (Å²) in [4.78, 5) is 11.4. The number of nitrogens with two attached hydrogens (primary N) is 1. The van der Waals surface area contributed by atoms with E-state index in [9.17, 15) is 4.79 Å². The van der Waals surface area contributed by atoms with Gasteiger partial charge in [0.1, 0.15) is 0 Å². The Morgan fingerprint density at radius 3 is 2.38 bits per heavy atom. The first-order chi connectivity index (χ1) is 11.0. The van der Waals surface area contributed by atoms with E-state index < -0.39 is 18.3 Å². The number of hydrogen-bond donors (Lipinski definition) is 1. The number of thioether (sulfide) groups is 1. The molecular formula is C17H23BClNO3S. The van der Waals surface area contributed by atoms with Gasteiger partial charge < -0.3 is 15.0 Å². The smallest absolute Gasteiger partial charge is 0.400 e. The van der Waals surface area contributed by atoms with Crippen molar-refractivity contribution in [3.8, 4) is 0 Å². The van der Waals surface area contributed by atoms with Gasteiger partial charge in [0.2, 0.25) is 0 Å². The van der Waals surface area contributed by atoms with Gasteiger partial charge in [0, 0.05) is 29.0 Å². The van der Waals surface area contributed by atoms with E-state index in [0.717, 1.165) is 5.47 Å². The van der Waals surface area contributed by atoms with E-state index in [1.165, 1.54) is 18.7 Å². The van der Waals surface area contributed by atoms with Crippen LogP contribution in [0.25, 0.3) is 6.08 Å². The second kappa shape index (κ2) is 7.12. The molecule has 24 heavy (non-hydrogen) atoms. The monoisotopic (exact) mass is 367 g/mol. The van der Waals surface area contributed by atoms with Crippen molar-refractivity contribution >= 4 is 47.4 Å². The van der Waals surface area contributed by atoms with E-state index in [0.29, 0.717) is 22.0 Å². The fraction of sp³-hybridized carbons (Fsp3) is 0.471. The molecule has 0 bridgehead atoms. The summed E-state index contributed by atoms with van der Waals surface area (Å²) in [6, 6.07) is 5.37. The molecule has 1 aliphatic heterocycles. The summed E-state index contributed by atoms with van der Waals surface area (Å²) in [6.07, 6.45) is 1.87. The van der Waals surface area contributed by atoms with Crippen LogP contribution in [-0.2, 0) is 14.1 Å². The maximum absolute atomic E-state index is 11.4. The van der Waals surface area contributed by atoms with Gasteiger partial charge in [0.15, 0.2) is 5.12 Å². The molecule has 130 valence electrons. The number of carbonyl (C=O) groups excluding carboxylic acids is 1. The highest BCUT2D eigenvalue weighted by Gasteiger charge is 2.52. The second-order valence-electron chi connectivity index (χ2n) is 6.83. The molecule has 2 rings (SSSR count). The third kappa shape index (κ3) is 4.17. The Balaban J connectivity index is 2.39. The molecule has 4 nitrogen and oxygen atoms in total. The topological polar surface area (TPSA) is 61.6 Å². The molecule has 0 spiro atoms. The SMILES string of the molecule is CC(=O)SCC(=Cc1c(N)cccc1Cl)B1OC(C)(C)C(C)(C)O1. The molecule has 2 N–H and O–H groups in total. The lowest BCUT2D eigenvalue weighted by Crippen LogP contribution is -2.41. The van der Waals surface area contributed by atoms with Crippen molar-refractivity contribution in [3.63, 3.8) is 0 Å². The molecule has 1 aliphatic rings. The predicted octanol–water partition coefficient (Wildman–Crippen LogP) is 4.22. The predicted molar refractivity (Wildman–Crippen MR) is 103 cm³/mol. The second-order valence-corrected chi connectivity index (χ2v) is 8.39.